The molecule has 0 saturated carbocycles. The van der Waals surface area contributed by atoms with Crippen LogP contribution in [0.3, 0.4) is 0 Å². The third kappa shape index (κ3) is 4.80. The number of rotatable bonds is 4. The number of nitrogens with one attached hydrogen (secondary N) is 1. The molecule has 0 bridgehead atoms. The second-order valence-electron chi connectivity index (χ2n) is 2.52. The maximum Gasteiger partial charge on any atom is 0.241 e. The zero-order valence-corrected chi connectivity index (χ0v) is 7.83. The summed E-state index contributed by atoms with van der Waals surface area (Å²) in [7, 11) is 1.65. The van der Waals surface area contributed by atoms with Gasteiger partial charge in [0, 0.05) is 13.6 Å². The minimum absolute atomic E-state index is 0.0369. The molecule has 0 rings (SSSR count). The average molecular weight is 183 g/mol. The van der Waals surface area contributed by atoms with Gasteiger partial charge in [0.25, 0.3) is 0 Å². The van der Waals surface area contributed by atoms with Gasteiger partial charge in [0.05, 0.1) is 12.6 Å². The minimum atomic E-state index is -0.416. The number of hydrogen-bond donors (Lipinski definition) is 1. The Morgan fingerprint density at radius 3 is 2.62 bits per heavy atom. The summed E-state index contributed by atoms with van der Waals surface area (Å²) in [5.41, 5.74) is 0. The Labute approximate surface area is 77.3 Å². The molecule has 0 spiro atoms. The Morgan fingerprint density at radius 2 is 2.15 bits per heavy atom. The molecule has 0 unspecified atom stereocenters. The zero-order valence-electron chi connectivity index (χ0n) is 7.83. The Hall–Kier alpha value is -1.57. The van der Waals surface area contributed by atoms with Gasteiger partial charge in [-0.05, 0) is 6.92 Å². The number of hydrogen-bond acceptors (Lipinski definition) is 3. The Balaban J connectivity index is 3.71. The SMILES string of the molecule is CCN(C)C(=O)CNC(=O)CC#N. The van der Waals surface area contributed by atoms with Crippen LogP contribution in [-0.4, -0.2) is 36.9 Å². The highest BCUT2D eigenvalue weighted by Crippen LogP contribution is 1.82. The lowest BCUT2D eigenvalue weighted by atomic mass is 10.4. The maximum atomic E-state index is 11.1. The Morgan fingerprint density at radius 1 is 1.54 bits per heavy atom. The Bertz CT molecular complexity index is 232. The van der Waals surface area contributed by atoms with E-state index < -0.39 is 5.91 Å². The first-order chi connectivity index (χ1) is 6.11. The molecule has 0 aliphatic heterocycles. The first-order valence-electron chi connectivity index (χ1n) is 3.99. The largest absolute Gasteiger partial charge is 0.346 e. The van der Waals surface area contributed by atoms with Crippen LogP contribution >= 0.6 is 0 Å². The van der Waals surface area contributed by atoms with E-state index in [1.54, 1.807) is 13.1 Å². The molecule has 0 fully saturated rings. The maximum absolute atomic E-state index is 11.1. The minimum Gasteiger partial charge on any atom is -0.346 e. The third-order valence-electron chi connectivity index (χ3n) is 1.58. The summed E-state index contributed by atoms with van der Waals surface area (Å²) in [5, 5.41) is 10.5. The van der Waals surface area contributed by atoms with Crippen LogP contribution in [0.1, 0.15) is 13.3 Å². The fourth-order valence-corrected chi connectivity index (χ4v) is 0.620. The highest BCUT2D eigenvalue weighted by atomic mass is 16.2. The number of likely N-dealkylation sites (N-methyl/N-ethyl adjacent to an activating group) is 1. The van der Waals surface area contributed by atoms with Gasteiger partial charge in [-0.25, -0.2) is 0 Å². The molecule has 5 heteroatoms. The average Bonchev–Trinajstić information content (AvgIpc) is 2.13. The predicted molar refractivity (Wildman–Crippen MR) is 46.6 cm³/mol. The van der Waals surface area contributed by atoms with E-state index >= 15 is 0 Å². The van der Waals surface area contributed by atoms with Crippen LogP contribution in [0, 0.1) is 11.3 Å². The summed E-state index contributed by atoms with van der Waals surface area (Å²) in [6.45, 7) is 2.41. The molecule has 0 heterocycles. The molecule has 5 nitrogen and oxygen atoms in total. The van der Waals surface area contributed by atoms with Gasteiger partial charge in [0.1, 0.15) is 6.42 Å². The molecule has 0 aliphatic carbocycles. The smallest absolute Gasteiger partial charge is 0.241 e. The van der Waals surface area contributed by atoms with Crippen LogP contribution in [0.2, 0.25) is 0 Å². The molecule has 0 saturated heterocycles. The van der Waals surface area contributed by atoms with Crippen molar-refractivity contribution < 1.29 is 9.59 Å². The van der Waals surface area contributed by atoms with E-state index in [1.165, 1.54) is 4.90 Å². The zero-order chi connectivity index (χ0) is 10.3. The van der Waals surface area contributed by atoms with Crippen LogP contribution in [-0.2, 0) is 9.59 Å². The van der Waals surface area contributed by atoms with Crippen molar-refractivity contribution in [2.45, 2.75) is 13.3 Å². The molecule has 0 aromatic carbocycles. The molecule has 13 heavy (non-hydrogen) atoms. The van der Waals surface area contributed by atoms with Crippen molar-refractivity contribution >= 4 is 11.8 Å². The fourth-order valence-electron chi connectivity index (χ4n) is 0.620. The van der Waals surface area contributed by atoms with E-state index in [4.69, 9.17) is 5.26 Å². The van der Waals surface area contributed by atoms with E-state index in [1.807, 2.05) is 6.92 Å². The van der Waals surface area contributed by atoms with Crippen LogP contribution in [0.25, 0.3) is 0 Å². The first-order valence-corrected chi connectivity index (χ1v) is 3.99. The van der Waals surface area contributed by atoms with E-state index in [0.29, 0.717) is 6.54 Å². The van der Waals surface area contributed by atoms with Crippen LogP contribution in [0.5, 0.6) is 0 Å². The van der Waals surface area contributed by atoms with Crippen LogP contribution in [0.4, 0.5) is 0 Å². The summed E-state index contributed by atoms with van der Waals surface area (Å²) in [4.78, 5) is 23.4. The lowest BCUT2D eigenvalue weighted by Crippen LogP contribution is -2.37. The molecule has 0 radical (unpaired) electrons. The highest BCUT2D eigenvalue weighted by molar-refractivity contribution is 5.85. The standard InChI is InChI=1S/C8H13N3O2/c1-3-11(2)8(13)6-10-7(12)4-5-9/h3-4,6H2,1-2H3,(H,10,12). The van der Waals surface area contributed by atoms with Crippen molar-refractivity contribution in [2.24, 2.45) is 0 Å². The number of amides is 2. The first kappa shape index (κ1) is 11.4. The lowest BCUT2D eigenvalue weighted by Gasteiger charge is -2.14. The van der Waals surface area contributed by atoms with Crippen LogP contribution in [0.15, 0.2) is 0 Å². The van der Waals surface area contributed by atoms with Gasteiger partial charge < -0.3 is 10.2 Å². The summed E-state index contributed by atoms with van der Waals surface area (Å²) in [5.74, 6) is -0.575. The molecule has 1 N–H and O–H groups in total. The van der Waals surface area contributed by atoms with Crippen molar-refractivity contribution in [3.8, 4) is 6.07 Å². The molecular formula is C8H13N3O2. The highest BCUT2D eigenvalue weighted by Gasteiger charge is 2.07. The molecule has 0 aliphatic rings. The van der Waals surface area contributed by atoms with Gasteiger partial charge in [-0.15, -0.1) is 0 Å². The summed E-state index contributed by atoms with van der Waals surface area (Å²) in [6.07, 6.45) is -0.205. The van der Waals surface area contributed by atoms with Gasteiger partial charge >= 0.3 is 0 Å². The molecule has 0 aromatic heterocycles. The normalized spacial score (nSPS) is 8.69. The van der Waals surface area contributed by atoms with Crippen molar-refractivity contribution in [3.05, 3.63) is 0 Å². The third-order valence-corrected chi connectivity index (χ3v) is 1.58. The predicted octanol–water partition coefficient (Wildman–Crippen LogP) is -0.505. The summed E-state index contributed by atoms with van der Waals surface area (Å²) in [6, 6.07) is 1.70. The van der Waals surface area contributed by atoms with E-state index in [0.717, 1.165) is 0 Å². The number of nitrogens with zero attached hydrogens (tertiary/aromatic N) is 2. The van der Waals surface area contributed by atoms with Crippen molar-refractivity contribution in [1.29, 1.82) is 5.26 Å². The fraction of sp³-hybridized carbons (Fsp3) is 0.625. The van der Waals surface area contributed by atoms with Gasteiger partial charge in [-0.2, -0.15) is 5.26 Å². The van der Waals surface area contributed by atoms with Gasteiger partial charge in [0.2, 0.25) is 11.8 Å². The lowest BCUT2D eigenvalue weighted by molar-refractivity contribution is -0.131. The van der Waals surface area contributed by atoms with Crippen LogP contribution < -0.4 is 5.32 Å². The quantitative estimate of drug-likeness (QED) is 0.638. The van der Waals surface area contributed by atoms with Gasteiger partial charge in [-0.1, -0.05) is 0 Å². The molecule has 0 atom stereocenters. The second-order valence-corrected chi connectivity index (χ2v) is 2.52. The summed E-state index contributed by atoms with van der Waals surface area (Å²) >= 11 is 0. The van der Waals surface area contributed by atoms with E-state index in [2.05, 4.69) is 5.32 Å². The summed E-state index contributed by atoms with van der Waals surface area (Å²) < 4.78 is 0. The number of carbonyl (C=O) groups is 2. The van der Waals surface area contributed by atoms with Gasteiger partial charge in [-0.3, -0.25) is 9.59 Å². The molecule has 72 valence electrons. The Kier molecular flexibility index (Phi) is 5.28. The second kappa shape index (κ2) is 6.00. The molecular weight excluding hydrogens is 170 g/mol. The topological polar surface area (TPSA) is 73.2 Å². The number of carbonyl (C=O) groups excluding carboxylic acids is 2. The number of nitriles is 1. The van der Waals surface area contributed by atoms with Crippen molar-refractivity contribution in [3.63, 3.8) is 0 Å². The monoisotopic (exact) mass is 183 g/mol. The van der Waals surface area contributed by atoms with Crippen molar-refractivity contribution in [1.82, 2.24) is 10.2 Å². The molecule has 2 amide bonds. The molecule has 0 aromatic rings. The van der Waals surface area contributed by atoms with Crippen molar-refractivity contribution in [2.75, 3.05) is 20.1 Å². The van der Waals surface area contributed by atoms with E-state index in [9.17, 15) is 9.59 Å². The van der Waals surface area contributed by atoms with E-state index in [-0.39, 0.29) is 18.9 Å². The van der Waals surface area contributed by atoms with Gasteiger partial charge in [0.15, 0.2) is 0 Å².